The van der Waals surface area contributed by atoms with Gasteiger partial charge >= 0.3 is 0 Å². The molecule has 1 heterocycles. The van der Waals surface area contributed by atoms with Gasteiger partial charge in [-0.15, -0.1) is 0 Å². The summed E-state index contributed by atoms with van der Waals surface area (Å²) in [7, 11) is 0. The van der Waals surface area contributed by atoms with Crippen LogP contribution in [0.4, 0.5) is 0 Å². The standard InChI is InChI=1S/C18H30N2O/c1-12(19)16-3-2-4-20(11-16)17(21)18-8-13-5-14(9-18)7-15(6-13)10-18/h12-16H,2-11,19H2,1H3. The molecule has 5 rings (SSSR count). The summed E-state index contributed by atoms with van der Waals surface area (Å²) in [4.78, 5) is 15.5. The van der Waals surface area contributed by atoms with Gasteiger partial charge in [0.25, 0.3) is 0 Å². The number of rotatable bonds is 2. The van der Waals surface area contributed by atoms with Gasteiger partial charge in [-0.25, -0.2) is 0 Å². The third kappa shape index (κ3) is 2.32. The van der Waals surface area contributed by atoms with Crippen LogP contribution < -0.4 is 5.73 Å². The van der Waals surface area contributed by atoms with E-state index in [0.29, 0.717) is 11.8 Å². The van der Waals surface area contributed by atoms with Crippen molar-refractivity contribution >= 4 is 5.91 Å². The van der Waals surface area contributed by atoms with Crippen molar-refractivity contribution in [2.45, 2.75) is 64.3 Å². The van der Waals surface area contributed by atoms with E-state index in [1.54, 1.807) is 0 Å². The molecule has 0 spiro atoms. The van der Waals surface area contributed by atoms with E-state index in [4.69, 9.17) is 5.73 Å². The highest BCUT2D eigenvalue weighted by Gasteiger charge is 2.55. The third-order valence-corrected chi connectivity index (χ3v) is 6.98. The highest BCUT2D eigenvalue weighted by Crippen LogP contribution is 2.60. The van der Waals surface area contributed by atoms with E-state index < -0.39 is 0 Å². The van der Waals surface area contributed by atoms with E-state index in [-0.39, 0.29) is 11.5 Å². The Kier molecular flexibility index (Phi) is 3.33. The van der Waals surface area contributed by atoms with E-state index in [0.717, 1.165) is 37.3 Å². The summed E-state index contributed by atoms with van der Waals surface area (Å²) < 4.78 is 0. The lowest BCUT2D eigenvalue weighted by Crippen LogP contribution is -2.56. The summed E-state index contributed by atoms with van der Waals surface area (Å²) >= 11 is 0. The molecule has 4 bridgehead atoms. The number of piperidine rings is 1. The number of amides is 1. The lowest BCUT2D eigenvalue weighted by molar-refractivity contribution is -0.159. The van der Waals surface area contributed by atoms with E-state index in [1.807, 2.05) is 0 Å². The first-order chi connectivity index (χ1) is 10.1. The number of nitrogens with zero attached hydrogens (tertiary/aromatic N) is 1. The second-order valence-corrected chi connectivity index (χ2v) is 8.71. The van der Waals surface area contributed by atoms with Crippen molar-refractivity contribution in [2.24, 2.45) is 34.8 Å². The number of hydrogen-bond donors (Lipinski definition) is 1. The molecular weight excluding hydrogens is 260 g/mol. The minimum atomic E-state index is 0.0362. The summed E-state index contributed by atoms with van der Waals surface area (Å²) in [6, 6.07) is 0.219. The molecular formula is C18H30N2O. The molecule has 0 aromatic heterocycles. The van der Waals surface area contributed by atoms with Gasteiger partial charge in [-0.1, -0.05) is 0 Å². The summed E-state index contributed by atoms with van der Waals surface area (Å²) in [6.45, 7) is 3.99. The Morgan fingerprint density at radius 1 is 1.14 bits per heavy atom. The van der Waals surface area contributed by atoms with Crippen molar-refractivity contribution in [3.8, 4) is 0 Å². The van der Waals surface area contributed by atoms with E-state index >= 15 is 0 Å². The first-order valence-corrected chi connectivity index (χ1v) is 9.11. The van der Waals surface area contributed by atoms with Gasteiger partial charge in [-0.2, -0.15) is 0 Å². The van der Waals surface area contributed by atoms with Crippen LogP contribution in [0.15, 0.2) is 0 Å². The summed E-state index contributed by atoms with van der Waals surface area (Å²) in [5.74, 6) is 3.58. The predicted molar refractivity (Wildman–Crippen MR) is 83.6 cm³/mol. The fourth-order valence-electron chi connectivity index (χ4n) is 6.33. The maximum Gasteiger partial charge on any atom is 0.228 e. The van der Waals surface area contributed by atoms with Gasteiger partial charge in [0.15, 0.2) is 0 Å². The van der Waals surface area contributed by atoms with Crippen LogP contribution >= 0.6 is 0 Å². The largest absolute Gasteiger partial charge is 0.342 e. The zero-order valence-corrected chi connectivity index (χ0v) is 13.4. The minimum absolute atomic E-state index is 0.0362. The maximum atomic E-state index is 13.3. The molecule has 0 aromatic carbocycles. The SMILES string of the molecule is CC(N)C1CCCN(C(=O)C23CC4CC(CC(C4)C2)C3)C1. The van der Waals surface area contributed by atoms with Crippen LogP contribution in [0.2, 0.25) is 0 Å². The Balaban J connectivity index is 1.52. The molecule has 1 saturated heterocycles. The zero-order valence-electron chi connectivity index (χ0n) is 13.4. The molecule has 0 aromatic rings. The van der Waals surface area contributed by atoms with Gasteiger partial charge in [0.05, 0.1) is 5.41 Å². The van der Waals surface area contributed by atoms with Crippen molar-refractivity contribution in [1.29, 1.82) is 0 Å². The molecule has 4 aliphatic carbocycles. The Hall–Kier alpha value is -0.570. The van der Waals surface area contributed by atoms with Crippen molar-refractivity contribution in [2.75, 3.05) is 13.1 Å². The third-order valence-electron chi connectivity index (χ3n) is 6.98. The van der Waals surface area contributed by atoms with Crippen LogP contribution in [0, 0.1) is 29.1 Å². The average molecular weight is 290 g/mol. The first kappa shape index (κ1) is 14.0. The lowest BCUT2D eigenvalue weighted by atomic mass is 9.49. The Morgan fingerprint density at radius 2 is 1.71 bits per heavy atom. The molecule has 21 heavy (non-hydrogen) atoms. The molecule has 2 N–H and O–H groups in total. The van der Waals surface area contributed by atoms with Gasteiger partial charge in [0, 0.05) is 19.1 Å². The Labute approximate surface area is 128 Å². The number of carbonyl (C=O) groups is 1. The van der Waals surface area contributed by atoms with Crippen molar-refractivity contribution in [3.63, 3.8) is 0 Å². The quantitative estimate of drug-likeness (QED) is 0.850. The molecule has 1 amide bonds. The molecule has 2 unspecified atom stereocenters. The zero-order chi connectivity index (χ0) is 14.6. The molecule has 4 saturated carbocycles. The van der Waals surface area contributed by atoms with Crippen LogP contribution in [-0.2, 0) is 4.79 Å². The van der Waals surface area contributed by atoms with Crippen LogP contribution in [0.5, 0.6) is 0 Å². The topological polar surface area (TPSA) is 46.3 Å². The minimum Gasteiger partial charge on any atom is -0.342 e. The molecule has 1 aliphatic heterocycles. The smallest absolute Gasteiger partial charge is 0.228 e. The molecule has 0 radical (unpaired) electrons. The molecule has 3 heteroatoms. The van der Waals surface area contributed by atoms with Crippen molar-refractivity contribution < 1.29 is 4.79 Å². The number of likely N-dealkylation sites (tertiary alicyclic amines) is 1. The van der Waals surface area contributed by atoms with E-state index in [9.17, 15) is 4.79 Å². The van der Waals surface area contributed by atoms with Crippen LogP contribution in [0.3, 0.4) is 0 Å². The molecule has 5 aliphatic rings. The Bertz CT molecular complexity index is 396. The van der Waals surface area contributed by atoms with Crippen LogP contribution in [0.1, 0.15) is 58.3 Å². The molecule has 5 fully saturated rings. The molecule has 2 atom stereocenters. The fourth-order valence-corrected chi connectivity index (χ4v) is 6.33. The van der Waals surface area contributed by atoms with E-state index in [1.165, 1.54) is 44.9 Å². The average Bonchev–Trinajstić information content (AvgIpc) is 2.45. The van der Waals surface area contributed by atoms with Gasteiger partial charge < -0.3 is 10.6 Å². The van der Waals surface area contributed by atoms with Crippen LogP contribution in [-0.4, -0.2) is 29.9 Å². The fraction of sp³-hybridized carbons (Fsp3) is 0.944. The highest BCUT2D eigenvalue weighted by molar-refractivity contribution is 5.83. The maximum absolute atomic E-state index is 13.3. The predicted octanol–water partition coefficient (Wildman–Crippen LogP) is 2.79. The summed E-state index contributed by atoms with van der Waals surface area (Å²) in [6.07, 6.45) is 10.1. The van der Waals surface area contributed by atoms with Crippen LogP contribution in [0.25, 0.3) is 0 Å². The van der Waals surface area contributed by atoms with Gasteiger partial charge in [-0.3, -0.25) is 4.79 Å². The second-order valence-electron chi connectivity index (χ2n) is 8.71. The normalized spacial score (nSPS) is 46.7. The molecule has 118 valence electrons. The number of nitrogens with two attached hydrogens (primary N) is 1. The first-order valence-electron chi connectivity index (χ1n) is 9.11. The Morgan fingerprint density at radius 3 is 2.24 bits per heavy atom. The number of hydrogen-bond acceptors (Lipinski definition) is 2. The summed E-state index contributed by atoms with van der Waals surface area (Å²) in [5, 5.41) is 0. The van der Waals surface area contributed by atoms with Crippen molar-refractivity contribution in [3.05, 3.63) is 0 Å². The lowest BCUT2D eigenvalue weighted by Gasteiger charge is -2.57. The second kappa shape index (κ2) is 4.97. The van der Waals surface area contributed by atoms with Gasteiger partial charge in [0.2, 0.25) is 5.91 Å². The van der Waals surface area contributed by atoms with Gasteiger partial charge in [0.1, 0.15) is 0 Å². The van der Waals surface area contributed by atoms with E-state index in [2.05, 4.69) is 11.8 Å². The highest BCUT2D eigenvalue weighted by atomic mass is 16.2. The number of carbonyl (C=O) groups excluding carboxylic acids is 1. The molecule has 3 nitrogen and oxygen atoms in total. The monoisotopic (exact) mass is 290 g/mol. The van der Waals surface area contributed by atoms with Crippen molar-refractivity contribution in [1.82, 2.24) is 4.90 Å². The summed E-state index contributed by atoms with van der Waals surface area (Å²) in [5.41, 5.74) is 6.13. The van der Waals surface area contributed by atoms with Gasteiger partial charge in [-0.05, 0) is 82.0 Å².